The van der Waals surface area contributed by atoms with Crippen LogP contribution in [0.3, 0.4) is 0 Å². The van der Waals surface area contributed by atoms with E-state index in [-0.39, 0.29) is 0 Å². The van der Waals surface area contributed by atoms with Crippen LogP contribution in [0.25, 0.3) is 0 Å². The second-order valence-corrected chi connectivity index (χ2v) is 5.22. The number of benzene rings is 2. The topological polar surface area (TPSA) is 41.3 Å². The van der Waals surface area contributed by atoms with Gasteiger partial charge < -0.3 is 16.0 Å². The predicted octanol–water partition coefficient (Wildman–Crippen LogP) is 4.04. The van der Waals surface area contributed by atoms with Crippen LogP contribution in [-0.4, -0.2) is 13.1 Å². The fourth-order valence-electron chi connectivity index (χ4n) is 2.52. The molecule has 112 valence electrons. The van der Waals surface area contributed by atoms with E-state index in [0.717, 1.165) is 36.6 Å². The Labute approximate surface area is 127 Å². The summed E-state index contributed by atoms with van der Waals surface area (Å²) in [5, 5.41) is 3.47. The summed E-state index contributed by atoms with van der Waals surface area (Å²) in [7, 11) is 0. The van der Waals surface area contributed by atoms with Crippen LogP contribution in [-0.2, 0) is 6.54 Å². The zero-order chi connectivity index (χ0) is 15.2. The number of para-hydroxylation sites is 1. The van der Waals surface area contributed by atoms with Crippen LogP contribution in [0.1, 0.15) is 25.0 Å². The molecule has 0 saturated heterocycles. The Hall–Kier alpha value is -2.16. The van der Waals surface area contributed by atoms with Crippen LogP contribution in [0, 0.1) is 6.92 Å². The number of hydrogen-bond acceptors (Lipinski definition) is 3. The Morgan fingerprint density at radius 1 is 1.05 bits per heavy atom. The number of rotatable bonds is 6. The zero-order valence-electron chi connectivity index (χ0n) is 13.2. The average Bonchev–Trinajstić information content (AvgIpc) is 2.49. The molecule has 0 fully saturated rings. The number of hydrogen-bond donors (Lipinski definition) is 2. The van der Waals surface area contributed by atoms with Crippen LogP contribution < -0.4 is 16.0 Å². The average molecular weight is 283 g/mol. The van der Waals surface area contributed by atoms with Gasteiger partial charge in [0.05, 0.1) is 0 Å². The molecule has 0 atom stereocenters. The molecule has 0 spiro atoms. The first-order valence-corrected chi connectivity index (χ1v) is 7.58. The molecule has 21 heavy (non-hydrogen) atoms. The van der Waals surface area contributed by atoms with Gasteiger partial charge in [0.1, 0.15) is 0 Å². The van der Waals surface area contributed by atoms with Crippen molar-refractivity contribution in [3.05, 3.63) is 53.6 Å². The zero-order valence-corrected chi connectivity index (χ0v) is 13.2. The van der Waals surface area contributed by atoms with E-state index < -0.39 is 0 Å². The van der Waals surface area contributed by atoms with Crippen molar-refractivity contribution in [2.24, 2.45) is 0 Å². The molecule has 3 nitrogen and oxygen atoms in total. The molecule has 2 aromatic carbocycles. The molecular formula is C18H25N3. The largest absolute Gasteiger partial charge is 0.398 e. The molecule has 0 aromatic heterocycles. The molecular weight excluding hydrogens is 258 g/mol. The van der Waals surface area contributed by atoms with Gasteiger partial charge in [-0.3, -0.25) is 0 Å². The number of nitrogens with one attached hydrogen (secondary N) is 1. The lowest BCUT2D eigenvalue weighted by Gasteiger charge is -2.22. The van der Waals surface area contributed by atoms with Gasteiger partial charge in [0.15, 0.2) is 0 Å². The molecule has 0 bridgehead atoms. The fourth-order valence-corrected chi connectivity index (χ4v) is 2.52. The molecule has 0 radical (unpaired) electrons. The SMILES string of the molecule is CCN(CC)c1ccc(NCc2ccccc2N)c(C)c1. The molecule has 3 heteroatoms. The van der Waals surface area contributed by atoms with E-state index in [0.29, 0.717) is 0 Å². The smallest absolute Gasteiger partial charge is 0.0421 e. The summed E-state index contributed by atoms with van der Waals surface area (Å²) in [6.45, 7) is 9.32. The van der Waals surface area contributed by atoms with Crippen LogP contribution in [0.4, 0.5) is 17.1 Å². The lowest BCUT2D eigenvalue weighted by atomic mass is 10.1. The highest BCUT2D eigenvalue weighted by Gasteiger charge is 2.05. The first kappa shape index (κ1) is 15.2. The van der Waals surface area contributed by atoms with Crippen LogP contribution in [0.5, 0.6) is 0 Å². The van der Waals surface area contributed by atoms with Gasteiger partial charge in [-0.15, -0.1) is 0 Å². The highest BCUT2D eigenvalue weighted by Crippen LogP contribution is 2.23. The second-order valence-electron chi connectivity index (χ2n) is 5.22. The van der Waals surface area contributed by atoms with Crippen molar-refractivity contribution in [2.75, 3.05) is 29.0 Å². The number of nitrogens with zero attached hydrogens (tertiary/aromatic N) is 1. The van der Waals surface area contributed by atoms with Crippen molar-refractivity contribution < 1.29 is 0 Å². The molecule has 0 amide bonds. The second kappa shape index (κ2) is 7.02. The number of nitrogen functional groups attached to an aromatic ring is 1. The molecule has 3 N–H and O–H groups in total. The van der Waals surface area contributed by atoms with Crippen molar-refractivity contribution in [3.63, 3.8) is 0 Å². The Balaban J connectivity index is 2.09. The summed E-state index contributed by atoms with van der Waals surface area (Å²) in [4.78, 5) is 2.35. The van der Waals surface area contributed by atoms with Gasteiger partial charge in [-0.2, -0.15) is 0 Å². The minimum Gasteiger partial charge on any atom is -0.398 e. The maximum absolute atomic E-state index is 5.98. The van der Waals surface area contributed by atoms with Gasteiger partial charge in [0.25, 0.3) is 0 Å². The Morgan fingerprint density at radius 2 is 1.76 bits per heavy atom. The lowest BCUT2D eigenvalue weighted by Crippen LogP contribution is -2.21. The lowest BCUT2D eigenvalue weighted by molar-refractivity contribution is 0.865. The van der Waals surface area contributed by atoms with Crippen LogP contribution in [0.2, 0.25) is 0 Å². The molecule has 0 saturated carbocycles. The van der Waals surface area contributed by atoms with Crippen molar-refractivity contribution >= 4 is 17.1 Å². The molecule has 0 unspecified atom stereocenters. The molecule has 2 aromatic rings. The minimum atomic E-state index is 0.748. The third kappa shape index (κ3) is 3.69. The van der Waals surface area contributed by atoms with E-state index in [1.165, 1.54) is 11.3 Å². The van der Waals surface area contributed by atoms with Crippen molar-refractivity contribution in [1.29, 1.82) is 0 Å². The van der Waals surface area contributed by atoms with Gasteiger partial charge >= 0.3 is 0 Å². The van der Waals surface area contributed by atoms with Gasteiger partial charge in [0, 0.05) is 36.7 Å². The summed E-state index contributed by atoms with van der Waals surface area (Å²) in [6.07, 6.45) is 0. The van der Waals surface area contributed by atoms with Gasteiger partial charge in [-0.25, -0.2) is 0 Å². The van der Waals surface area contributed by atoms with Gasteiger partial charge in [-0.05, 0) is 56.2 Å². The Morgan fingerprint density at radius 3 is 2.38 bits per heavy atom. The number of anilines is 3. The third-order valence-corrected chi connectivity index (χ3v) is 3.86. The molecule has 0 aliphatic rings. The van der Waals surface area contributed by atoms with Crippen LogP contribution in [0.15, 0.2) is 42.5 Å². The van der Waals surface area contributed by atoms with Gasteiger partial charge in [0.2, 0.25) is 0 Å². The molecule has 0 aliphatic carbocycles. The summed E-state index contributed by atoms with van der Waals surface area (Å²) in [5.41, 5.74) is 11.6. The summed E-state index contributed by atoms with van der Waals surface area (Å²) in [6, 6.07) is 14.5. The van der Waals surface area contributed by atoms with Crippen molar-refractivity contribution in [2.45, 2.75) is 27.3 Å². The van der Waals surface area contributed by atoms with E-state index in [1.807, 2.05) is 18.2 Å². The highest BCUT2D eigenvalue weighted by atomic mass is 15.1. The van der Waals surface area contributed by atoms with Gasteiger partial charge in [-0.1, -0.05) is 18.2 Å². The third-order valence-electron chi connectivity index (χ3n) is 3.86. The molecule has 2 rings (SSSR count). The minimum absolute atomic E-state index is 0.748. The van der Waals surface area contributed by atoms with Crippen LogP contribution >= 0.6 is 0 Å². The highest BCUT2D eigenvalue weighted by molar-refractivity contribution is 5.61. The normalized spacial score (nSPS) is 10.4. The monoisotopic (exact) mass is 283 g/mol. The molecule has 0 aliphatic heterocycles. The van der Waals surface area contributed by atoms with E-state index in [1.54, 1.807) is 0 Å². The number of aryl methyl sites for hydroxylation is 1. The summed E-state index contributed by atoms with van der Waals surface area (Å²) >= 11 is 0. The quantitative estimate of drug-likeness (QED) is 0.786. The maximum Gasteiger partial charge on any atom is 0.0421 e. The van der Waals surface area contributed by atoms with E-state index in [9.17, 15) is 0 Å². The summed E-state index contributed by atoms with van der Waals surface area (Å²) < 4.78 is 0. The van der Waals surface area contributed by atoms with E-state index in [2.05, 4.69) is 55.3 Å². The fraction of sp³-hybridized carbons (Fsp3) is 0.333. The standard InChI is InChI=1S/C18H25N3/c1-4-21(5-2)16-10-11-18(14(3)12-16)20-13-15-8-6-7-9-17(15)19/h6-12,20H,4-5,13,19H2,1-3H3. The first-order valence-electron chi connectivity index (χ1n) is 7.58. The molecule has 0 heterocycles. The maximum atomic E-state index is 5.98. The van der Waals surface area contributed by atoms with E-state index in [4.69, 9.17) is 5.73 Å². The first-order chi connectivity index (χ1) is 10.2. The Kier molecular flexibility index (Phi) is 5.09. The Bertz CT molecular complexity index is 589. The number of nitrogens with two attached hydrogens (primary N) is 1. The van der Waals surface area contributed by atoms with Crippen molar-refractivity contribution in [1.82, 2.24) is 0 Å². The van der Waals surface area contributed by atoms with E-state index >= 15 is 0 Å². The predicted molar refractivity (Wildman–Crippen MR) is 92.9 cm³/mol. The van der Waals surface area contributed by atoms with Crippen molar-refractivity contribution in [3.8, 4) is 0 Å². The summed E-state index contributed by atoms with van der Waals surface area (Å²) in [5.74, 6) is 0.